The van der Waals surface area contributed by atoms with Gasteiger partial charge in [0.2, 0.25) is 0 Å². The molecule has 0 amide bonds. The summed E-state index contributed by atoms with van der Waals surface area (Å²) in [6.07, 6.45) is -3.63. The standard InChI is InChI=1S/C16H17F3N2O2/c1-10-13(14(9-23-10)16(17,18)19)8-21-4-5-22-15-6-12(20)3-2-11(15)7-21/h2-3,6,9H,4-5,7-8,20H2,1H3. The zero-order valence-corrected chi connectivity index (χ0v) is 12.6. The average Bonchev–Trinajstić information content (AvgIpc) is 2.71. The average molecular weight is 326 g/mol. The zero-order valence-electron chi connectivity index (χ0n) is 12.6. The molecule has 2 heterocycles. The molecule has 1 aliphatic rings. The van der Waals surface area contributed by atoms with Crippen LogP contribution >= 0.6 is 0 Å². The summed E-state index contributed by atoms with van der Waals surface area (Å²) in [5, 5.41) is 0. The Hall–Kier alpha value is -2.15. The van der Waals surface area contributed by atoms with E-state index in [0.29, 0.717) is 36.9 Å². The third-order valence-electron chi connectivity index (χ3n) is 3.94. The number of hydrogen-bond donors (Lipinski definition) is 1. The maximum atomic E-state index is 13.1. The molecule has 23 heavy (non-hydrogen) atoms. The Kier molecular flexibility index (Phi) is 3.97. The summed E-state index contributed by atoms with van der Waals surface area (Å²) in [7, 11) is 0. The highest BCUT2D eigenvalue weighted by atomic mass is 19.4. The van der Waals surface area contributed by atoms with E-state index >= 15 is 0 Å². The van der Waals surface area contributed by atoms with Crippen LogP contribution in [0.3, 0.4) is 0 Å². The zero-order chi connectivity index (χ0) is 16.6. The van der Waals surface area contributed by atoms with E-state index in [2.05, 4.69) is 0 Å². The molecule has 0 saturated carbocycles. The molecular formula is C16H17F3N2O2. The van der Waals surface area contributed by atoms with Gasteiger partial charge < -0.3 is 14.9 Å². The molecule has 0 spiro atoms. The molecule has 0 saturated heterocycles. The highest BCUT2D eigenvalue weighted by molar-refractivity contribution is 5.48. The van der Waals surface area contributed by atoms with Crippen molar-refractivity contribution in [2.75, 3.05) is 18.9 Å². The van der Waals surface area contributed by atoms with Crippen molar-refractivity contribution in [2.45, 2.75) is 26.2 Å². The highest BCUT2D eigenvalue weighted by Crippen LogP contribution is 2.35. The molecule has 1 aromatic heterocycles. The number of anilines is 1. The van der Waals surface area contributed by atoms with E-state index in [1.807, 2.05) is 11.0 Å². The van der Waals surface area contributed by atoms with Crippen LogP contribution in [-0.4, -0.2) is 18.1 Å². The van der Waals surface area contributed by atoms with Gasteiger partial charge >= 0.3 is 6.18 Å². The molecule has 0 radical (unpaired) electrons. The highest BCUT2D eigenvalue weighted by Gasteiger charge is 2.36. The second kappa shape index (κ2) is 5.81. The van der Waals surface area contributed by atoms with Crippen LogP contribution in [0.4, 0.5) is 18.9 Å². The van der Waals surface area contributed by atoms with Crippen LogP contribution in [0.1, 0.15) is 22.5 Å². The fourth-order valence-corrected chi connectivity index (χ4v) is 2.71. The maximum Gasteiger partial charge on any atom is 0.419 e. The minimum Gasteiger partial charge on any atom is -0.492 e. The first-order valence-corrected chi connectivity index (χ1v) is 7.22. The van der Waals surface area contributed by atoms with Crippen molar-refractivity contribution >= 4 is 5.69 Å². The lowest BCUT2D eigenvalue weighted by Gasteiger charge is -2.20. The molecule has 2 aromatic rings. The van der Waals surface area contributed by atoms with Crippen molar-refractivity contribution in [1.29, 1.82) is 0 Å². The molecule has 0 fully saturated rings. The summed E-state index contributed by atoms with van der Waals surface area (Å²) in [4.78, 5) is 1.91. The normalized spacial score (nSPS) is 15.8. The van der Waals surface area contributed by atoms with Gasteiger partial charge in [-0.25, -0.2) is 0 Å². The predicted octanol–water partition coefficient (Wildman–Crippen LogP) is 3.58. The number of alkyl halides is 3. The molecule has 0 atom stereocenters. The molecule has 0 bridgehead atoms. The van der Waals surface area contributed by atoms with Gasteiger partial charge in [-0.2, -0.15) is 13.2 Å². The number of nitrogen functional groups attached to an aromatic ring is 1. The number of halogens is 3. The Morgan fingerprint density at radius 1 is 1.30 bits per heavy atom. The topological polar surface area (TPSA) is 51.6 Å². The fourth-order valence-electron chi connectivity index (χ4n) is 2.71. The van der Waals surface area contributed by atoms with Crippen molar-refractivity contribution in [3.05, 3.63) is 46.9 Å². The van der Waals surface area contributed by atoms with E-state index in [1.165, 1.54) is 0 Å². The van der Waals surface area contributed by atoms with Gasteiger partial charge in [-0.15, -0.1) is 0 Å². The maximum absolute atomic E-state index is 13.1. The largest absolute Gasteiger partial charge is 0.492 e. The van der Waals surface area contributed by atoms with Crippen molar-refractivity contribution in [2.24, 2.45) is 0 Å². The molecule has 1 aromatic carbocycles. The molecule has 3 rings (SSSR count). The van der Waals surface area contributed by atoms with Crippen molar-refractivity contribution in [3.63, 3.8) is 0 Å². The monoisotopic (exact) mass is 326 g/mol. The Labute approximate surface area is 131 Å². The van der Waals surface area contributed by atoms with Gasteiger partial charge in [0.15, 0.2) is 0 Å². The first kappa shape index (κ1) is 15.7. The summed E-state index contributed by atoms with van der Waals surface area (Å²) in [5.41, 5.74) is 6.71. The minimum atomic E-state index is -4.41. The molecule has 4 nitrogen and oxygen atoms in total. The van der Waals surface area contributed by atoms with Gasteiger partial charge in [0.25, 0.3) is 0 Å². The third kappa shape index (κ3) is 3.29. The molecule has 124 valence electrons. The fraction of sp³-hybridized carbons (Fsp3) is 0.375. The Morgan fingerprint density at radius 3 is 2.83 bits per heavy atom. The SMILES string of the molecule is Cc1occ(C(F)(F)F)c1CN1CCOc2cc(N)ccc2C1. The van der Waals surface area contributed by atoms with E-state index in [9.17, 15) is 13.2 Å². The summed E-state index contributed by atoms with van der Waals surface area (Å²) < 4.78 is 49.8. The van der Waals surface area contributed by atoms with Crippen molar-refractivity contribution < 1.29 is 22.3 Å². The lowest BCUT2D eigenvalue weighted by atomic mass is 10.1. The lowest BCUT2D eigenvalue weighted by molar-refractivity contribution is -0.138. The van der Waals surface area contributed by atoms with Crippen molar-refractivity contribution in [3.8, 4) is 5.75 Å². The second-order valence-corrected chi connectivity index (χ2v) is 5.61. The van der Waals surface area contributed by atoms with Crippen LogP contribution in [-0.2, 0) is 19.3 Å². The van der Waals surface area contributed by atoms with Crippen LogP contribution < -0.4 is 10.5 Å². The number of furan rings is 1. The Balaban J connectivity index is 1.84. The van der Waals surface area contributed by atoms with Crippen LogP contribution in [0.25, 0.3) is 0 Å². The minimum absolute atomic E-state index is 0.157. The van der Waals surface area contributed by atoms with E-state index in [1.54, 1.807) is 19.1 Å². The van der Waals surface area contributed by atoms with Crippen LogP contribution in [0, 0.1) is 6.92 Å². The number of fused-ring (bicyclic) bond motifs is 1. The van der Waals surface area contributed by atoms with Gasteiger partial charge in [0.05, 0.1) is 5.56 Å². The van der Waals surface area contributed by atoms with Gasteiger partial charge in [-0.05, 0) is 13.0 Å². The Morgan fingerprint density at radius 2 is 2.09 bits per heavy atom. The van der Waals surface area contributed by atoms with E-state index < -0.39 is 11.7 Å². The van der Waals surface area contributed by atoms with Gasteiger partial charge in [0, 0.05) is 42.5 Å². The Bertz CT molecular complexity index is 710. The number of rotatable bonds is 2. The molecule has 7 heteroatoms. The number of hydrogen-bond acceptors (Lipinski definition) is 4. The first-order valence-electron chi connectivity index (χ1n) is 7.22. The molecule has 0 unspecified atom stereocenters. The van der Waals surface area contributed by atoms with Gasteiger partial charge in [-0.3, -0.25) is 4.90 Å². The van der Waals surface area contributed by atoms with Crippen molar-refractivity contribution in [1.82, 2.24) is 4.90 Å². The summed E-state index contributed by atoms with van der Waals surface area (Å²) in [6.45, 7) is 3.13. The van der Waals surface area contributed by atoms with Crippen LogP contribution in [0.5, 0.6) is 5.75 Å². The number of benzene rings is 1. The smallest absolute Gasteiger partial charge is 0.419 e. The summed E-state index contributed by atoms with van der Waals surface area (Å²) in [6, 6.07) is 5.34. The first-order chi connectivity index (χ1) is 10.8. The predicted molar refractivity (Wildman–Crippen MR) is 78.9 cm³/mol. The molecular weight excluding hydrogens is 309 g/mol. The summed E-state index contributed by atoms with van der Waals surface area (Å²) in [5.74, 6) is 0.979. The van der Waals surface area contributed by atoms with Gasteiger partial charge in [0.1, 0.15) is 24.4 Å². The summed E-state index contributed by atoms with van der Waals surface area (Å²) >= 11 is 0. The van der Waals surface area contributed by atoms with E-state index in [0.717, 1.165) is 11.8 Å². The molecule has 0 aliphatic carbocycles. The lowest BCUT2D eigenvalue weighted by Crippen LogP contribution is -2.26. The second-order valence-electron chi connectivity index (χ2n) is 5.61. The number of ether oxygens (including phenoxy) is 1. The van der Waals surface area contributed by atoms with E-state index in [-0.39, 0.29) is 12.1 Å². The quantitative estimate of drug-likeness (QED) is 0.857. The number of nitrogens with two attached hydrogens (primary N) is 1. The molecule has 1 aliphatic heterocycles. The molecule has 2 N–H and O–H groups in total. The number of nitrogens with zero attached hydrogens (tertiary/aromatic N) is 1. The van der Waals surface area contributed by atoms with E-state index in [4.69, 9.17) is 14.9 Å². The third-order valence-corrected chi connectivity index (χ3v) is 3.94. The van der Waals surface area contributed by atoms with Crippen LogP contribution in [0.2, 0.25) is 0 Å². The van der Waals surface area contributed by atoms with Gasteiger partial charge in [-0.1, -0.05) is 6.07 Å². The van der Waals surface area contributed by atoms with Crippen LogP contribution in [0.15, 0.2) is 28.9 Å². The number of aryl methyl sites for hydroxylation is 1.